The molecule has 0 aliphatic heterocycles. The first-order valence-corrected chi connectivity index (χ1v) is 7.01. The molecule has 21 heavy (non-hydrogen) atoms. The maximum Gasteiger partial charge on any atom is 0.127 e. The van der Waals surface area contributed by atoms with Crippen LogP contribution in [0.3, 0.4) is 0 Å². The SMILES string of the molecule is COc1ccc(C(N)Cc2c(Cl)c(C)nn2C)c(OC)c1. The zero-order valence-electron chi connectivity index (χ0n) is 12.7. The van der Waals surface area contributed by atoms with Gasteiger partial charge in [0.15, 0.2) is 0 Å². The van der Waals surface area contributed by atoms with Crippen LogP contribution in [-0.2, 0) is 13.5 Å². The second-order valence-corrected chi connectivity index (χ2v) is 5.27. The molecule has 0 spiro atoms. The molecular weight excluding hydrogens is 290 g/mol. The van der Waals surface area contributed by atoms with Crippen molar-refractivity contribution in [3.8, 4) is 11.5 Å². The molecule has 2 N–H and O–H groups in total. The highest BCUT2D eigenvalue weighted by Crippen LogP contribution is 2.31. The first kappa shape index (κ1) is 15.7. The van der Waals surface area contributed by atoms with Gasteiger partial charge in [-0.15, -0.1) is 0 Å². The highest BCUT2D eigenvalue weighted by atomic mass is 35.5. The van der Waals surface area contributed by atoms with Crippen LogP contribution in [-0.4, -0.2) is 24.0 Å². The number of methoxy groups -OCH3 is 2. The first-order chi connectivity index (χ1) is 9.97. The molecular formula is C15H20ClN3O2. The van der Waals surface area contributed by atoms with Crippen LogP contribution in [0.2, 0.25) is 5.02 Å². The van der Waals surface area contributed by atoms with Gasteiger partial charge < -0.3 is 15.2 Å². The number of nitrogens with zero attached hydrogens (tertiary/aromatic N) is 2. The first-order valence-electron chi connectivity index (χ1n) is 6.63. The summed E-state index contributed by atoms with van der Waals surface area (Å²) in [7, 11) is 5.10. The molecule has 0 bridgehead atoms. The highest BCUT2D eigenvalue weighted by Gasteiger charge is 2.18. The largest absolute Gasteiger partial charge is 0.497 e. The molecule has 1 aromatic carbocycles. The zero-order chi connectivity index (χ0) is 15.6. The van der Waals surface area contributed by atoms with E-state index in [1.54, 1.807) is 18.9 Å². The molecule has 0 aliphatic carbocycles. The highest BCUT2D eigenvalue weighted by molar-refractivity contribution is 6.31. The lowest BCUT2D eigenvalue weighted by atomic mass is 10.0. The van der Waals surface area contributed by atoms with E-state index in [4.69, 9.17) is 26.8 Å². The smallest absolute Gasteiger partial charge is 0.127 e. The average Bonchev–Trinajstić information content (AvgIpc) is 2.72. The maximum absolute atomic E-state index is 6.32. The Balaban J connectivity index is 2.30. The van der Waals surface area contributed by atoms with Crippen LogP contribution in [0.15, 0.2) is 18.2 Å². The third-order valence-corrected chi connectivity index (χ3v) is 4.01. The summed E-state index contributed by atoms with van der Waals surface area (Å²) in [5.74, 6) is 1.44. The van der Waals surface area contributed by atoms with Crippen molar-refractivity contribution in [3.05, 3.63) is 40.2 Å². The molecule has 1 aromatic heterocycles. The fourth-order valence-corrected chi connectivity index (χ4v) is 2.58. The number of benzene rings is 1. The van der Waals surface area contributed by atoms with E-state index < -0.39 is 0 Å². The Morgan fingerprint density at radius 1 is 1.33 bits per heavy atom. The predicted molar refractivity (Wildman–Crippen MR) is 83.1 cm³/mol. The summed E-state index contributed by atoms with van der Waals surface area (Å²) in [6.07, 6.45) is 0.582. The van der Waals surface area contributed by atoms with Crippen LogP contribution in [0, 0.1) is 6.92 Å². The lowest BCUT2D eigenvalue weighted by Gasteiger charge is -2.17. The fourth-order valence-electron chi connectivity index (χ4n) is 2.34. The Bertz CT molecular complexity index is 640. The number of hydrogen-bond donors (Lipinski definition) is 1. The van der Waals surface area contributed by atoms with E-state index in [-0.39, 0.29) is 6.04 Å². The molecule has 0 fully saturated rings. The normalized spacial score (nSPS) is 12.3. The maximum atomic E-state index is 6.32. The van der Waals surface area contributed by atoms with E-state index >= 15 is 0 Å². The number of nitrogens with two attached hydrogens (primary N) is 1. The Morgan fingerprint density at radius 3 is 2.57 bits per heavy atom. The third kappa shape index (κ3) is 3.14. The molecule has 1 atom stereocenters. The van der Waals surface area contributed by atoms with Gasteiger partial charge in [-0.25, -0.2) is 0 Å². The molecule has 1 unspecified atom stereocenters. The van der Waals surface area contributed by atoms with Crippen molar-refractivity contribution in [1.29, 1.82) is 0 Å². The summed E-state index contributed by atoms with van der Waals surface area (Å²) in [6.45, 7) is 1.88. The van der Waals surface area contributed by atoms with E-state index in [2.05, 4.69) is 5.10 Å². The molecule has 0 amide bonds. The van der Waals surface area contributed by atoms with E-state index in [9.17, 15) is 0 Å². The van der Waals surface area contributed by atoms with Crippen molar-refractivity contribution in [1.82, 2.24) is 9.78 Å². The summed E-state index contributed by atoms with van der Waals surface area (Å²) in [6, 6.07) is 5.37. The van der Waals surface area contributed by atoms with Gasteiger partial charge in [0.1, 0.15) is 11.5 Å². The molecule has 0 saturated heterocycles. The van der Waals surface area contributed by atoms with Gasteiger partial charge in [0.25, 0.3) is 0 Å². The van der Waals surface area contributed by atoms with Gasteiger partial charge in [-0.3, -0.25) is 4.68 Å². The van der Waals surface area contributed by atoms with Crippen LogP contribution >= 0.6 is 11.6 Å². The molecule has 5 nitrogen and oxygen atoms in total. The molecule has 1 heterocycles. The molecule has 0 saturated carbocycles. The van der Waals surface area contributed by atoms with Crippen molar-refractivity contribution in [2.45, 2.75) is 19.4 Å². The minimum Gasteiger partial charge on any atom is -0.497 e. The fraction of sp³-hybridized carbons (Fsp3) is 0.400. The minimum atomic E-state index is -0.238. The van der Waals surface area contributed by atoms with Crippen molar-refractivity contribution < 1.29 is 9.47 Å². The second kappa shape index (κ2) is 6.37. The standard InChI is InChI=1S/C15H20ClN3O2/c1-9-15(16)13(19(2)18-9)8-12(17)11-6-5-10(20-3)7-14(11)21-4/h5-7,12H,8,17H2,1-4H3. The molecule has 6 heteroatoms. The Labute approximate surface area is 129 Å². The van der Waals surface area contributed by atoms with Crippen LogP contribution in [0.4, 0.5) is 0 Å². The summed E-state index contributed by atoms with van der Waals surface area (Å²) < 4.78 is 12.4. The molecule has 114 valence electrons. The van der Waals surface area contributed by atoms with Crippen LogP contribution in [0.5, 0.6) is 11.5 Å². The van der Waals surface area contributed by atoms with Gasteiger partial charge in [0.05, 0.1) is 30.6 Å². The molecule has 2 aromatic rings. The number of halogens is 1. The van der Waals surface area contributed by atoms with E-state index in [0.29, 0.717) is 17.2 Å². The monoisotopic (exact) mass is 309 g/mol. The van der Waals surface area contributed by atoms with Gasteiger partial charge in [0, 0.05) is 31.1 Å². The van der Waals surface area contributed by atoms with E-state index in [1.165, 1.54) is 0 Å². The Morgan fingerprint density at radius 2 is 2.05 bits per heavy atom. The number of ether oxygens (including phenoxy) is 2. The molecule has 0 radical (unpaired) electrons. The summed E-state index contributed by atoms with van der Waals surface area (Å²) in [5.41, 5.74) is 8.96. The number of aromatic nitrogens is 2. The van der Waals surface area contributed by atoms with Gasteiger partial charge in [-0.1, -0.05) is 17.7 Å². The van der Waals surface area contributed by atoms with Gasteiger partial charge in [-0.2, -0.15) is 5.10 Å². The van der Waals surface area contributed by atoms with E-state index in [1.807, 2.05) is 32.2 Å². The quantitative estimate of drug-likeness (QED) is 0.922. The van der Waals surface area contributed by atoms with Gasteiger partial charge in [0.2, 0.25) is 0 Å². The predicted octanol–water partition coefficient (Wildman–Crippen LogP) is 2.64. The lowest BCUT2D eigenvalue weighted by molar-refractivity contribution is 0.388. The van der Waals surface area contributed by atoms with Crippen LogP contribution < -0.4 is 15.2 Å². The van der Waals surface area contributed by atoms with E-state index in [0.717, 1.165) is 22.7 Å². The van der Waals surface area contributed by atoms with Crippen molar-refractivity contribution in [2.75, 3.05) is 14.2 Å². The van der Waals surface area contributed by atoms with Gasteiger partial charge in [-0.05, 0) is 13.0 Å². The molecule has 2 rings (SSSR count). The number of aryl methyl sites for hydroxylation is 2. The summed E-state index contributed by atoms with van der Waals surface area (Å²) in [4.78, 5) is 0. The third-order valence-electron chi connectivity index (χ3n) is 3.52. The summed E-state index contributed by atoms with van der Waals surface area (Å²) >= 11 is 6.28. The topological polar surface area (TPSA) is 62.3 Å². The average molecular weight is 310 g/mol. The van der Waals surface area contributed by atoms with Crippen LogP contribution in [0.1, 0.15) is 23.0 Å². The van der Waals surface area contributed by atoms with Gasteiger partial charge >= 0.3 is 0 Å². The van der Waals surface area contributed by atoms with Crippen molar-refractivity contribution in [3.63, 3.8) is 0 Å². The second-order valence-electron chi connectivity index (χ2n) is 4.89. The summed E-state index contributed by atoms with van der Waals surface area (Å²) in [5, 5.41) is 4.97. The number of rotatable bonds is 5. The number of hydrogen-bond acceptors (Lipinski definition) is 4. The van der Waals surface area contributed by atoms with Crippen molar-refractivity contribution >= 4 is 11.6 Å². The van der Waals surface area contributed by atoms with Crippen LogP contribution in [0.25, 0.3) is 0 Å². The Hall–Kier alpha value is -1.72. The lowest BCUT2D eigenvalue weighted by Crippen LogP contribution is -2.16. The molecule has 0 aliphatic rings. The Kier molecular flexibility index (Phi) is 4.75. The zero-order valence-corrected chi connectivity index (χ0v) is 13.4. The van der Waals surface area contributed by atoms with Crippen molar-refractivity contribution in [2.24, 2.45) is 12.8 Å². The minimum absolute atomic E-state index is 0.238.